The Morgan fingerprint density at radius 1 is 1.14 bits per heavy atom. The fourth-order valence-electron chi connectivity index (χ4n) is 6.14. The number of likely N-dealkylation sites (tertiary alicyclic amines) is 2. The molecule has 3 unspecified atom stereocenters. The Kier molecular flexibility index (Phi) is 6.62. The van der Waals surface area contributed by atoms with E-state index in [9.17, 15) is 9.18 Å². The number of carbonyl (C=O) groups excluding carboxylic acids is 1. The van der Waals surface area contributed by atoms with Gasteiger partial charge in [-0.1, -0.05) is 42.3 Å². The molecule has 0 aliphatic carbocycles. The van der Waals surface area contributed by atoms with Gasteiger partial charge in [0.15, 0.2) is 0 Å². The monoisotopic (exact) mass is 472 g/mol. The van der Waals surface area contributed by atoms with Crippen LogP contribution in [0.2, 0.25) is 0 Å². The molecule has 2 aromatic carbocycles. The van der Waals surface area contributed by atoms with Crippen LogP contribution in [-0.4, -0.2) is 58.9 Å². The lowest BCUT2D eigenvalue weighted by Gasteiger charge is -2.49. The van der Waals surface area contributed by atoms with Crippen molar-refractivity contribution in [1.82, 2.24) is 9.80 Å². The Bertz CT molecular complexity index is 1170. The number of urea groups is 1. The largest absolute Gasteiger partial charge is 0.355 e. The van der Waals surface area contributed by atoms with E-state index in [-0.39, 0.29) is 17.9 Å². The topological polar surface area (TPSA) is 39.1 Å². The molecule has 6 heteroatoms. The van der Waals surface area contributed by atoms with Crippen molar-refractivity contribution < 1.29 is 9.18 Å². The molecule has 2 amide bonds. The van der Waals surface area contributed by atoms with Crippen molar-refractivity contribution in [3.63, 3.8) is 0 Å². The van der Waals surface area contributed by atoms with Crippen LogP contribution in [0.15, 0.2) is 59.6 Å². The maximum absolute atomic E-state index is 14.3. The number of nitrogens with zero attached hydrogens (tertiary/aromatic N) is 4. The van der Waals surface area contributed by atoms with Gasteiger partial charge in [0.2, 0.25) is 0 Å². The first-order valence-electron chi connectivity index (χ1n) is 12.6. The highest BCUT2D eigenvalue weighted by Crippen LogP contribution is 2.43. The Balaban J connectivity index is 1.51. The number of aliphatic imine (C=N–C) groups is 1. The Morgan fingerprint density at radius 3 is 2.71 bits per heavy atom. The predicted octanol–water partition coefficient (Wildman–Crippen LogP) is 5.12. The zero-order chi connectivity index (χ0) is 24.4. The van der Waals surface area contributed by atoms with Crippen LogP contribution in [0.5, 0.6) is 0 Å². The number of halogens is 1. The van der Waals surface area contributed by atoms with Gasteiger partial charge in [0.05, 0.1) is 6.54 Å². The molecule has 182 valence electrons. The number of anilines is 1. The van der Waals surface area contributed by atoms with Gasteiger partial charge in [0.1, 0.15) is 17.2 Å². The van der Waals surface area contributed by atoms with E-state index < -0.39 is 5.54 Å². The number of hydrogen-bond acceptors (Lipinski definition) is 3. The van der Waals surface area contributed by atoms with E-state index in [1.807, 2.05) is 19.1 Å². The van der Waals surface area contributed by atoms with E-state index in [1.165, 1.54) is 17.7 Å². The molecule has 3 heterocycles. The second kappa shape index (κ2) is 9.83. The highest BCUT2D eigenvalue weighted by Gasteiger charge is 2.56. The third kappa shape index (κ3) is 4.46. The summed E-state index contributed by atoms with van der Waals surface area (Å²) in [5, 5.41) is 0. The third-order valence-corrected chi connectivity index (χ3v) is 7.79. The summed E-state index contributed by atoms with van der Waals surface area (Å²) < 4.78 is 14.3. The number of carbonyl (C=O) groups is 1. The first-order chi connectivity index (χ1) is 17.0. The smallest absolute Gasteiger partial charge is 0.350 e. The lowest BCUT2D eigenvalue weighted by atomic mass is 9.80. The van der Waals surface area contributed by atoms with Crippen molar-refractivity contribution in [2.24, 2.45) is 4.99 Å². The number of benzene rings is 2. The number of hydrogen-bond donors (Lipinski definition) is 0. The first-order valence-corrected chi connectivity index (χ1v) is 12.6. The zero-order valence-electron chi connectivity index (χ0n) is 20.6. The molecule has 0 saturated carbocycles. The van der Waals surface area contributed by atoms with Gasteiger partial charge >= 0.3 is 6.03 Å². The van der Waals surface area contributed by atoms with Crippen molar-refractivity contribution in [1.29, 1.82) is 0 Å². The predicted molar refractivity (Wildman–Crippen MR) is 138 cm³/mol. The van der Waals surface area contributed by atoms with E-state index >= 15 is 0 Å². The Labute approximate surface area is 207 Å². The molecule has 0 N–H and O–H groups in total. The maximum Gasteiger partial charge on any atom is 0.350 e. The molecule has 3 aliphatic rings. The van der Waals surface area contributed by atoms with Crippen LogP contribution in [0.25, 0.3) is 0 Å². The molecule has 5 rings (SSSR count). The fraction of sp³-hybridized carbons (Fsp3) is 0.448. The molecular formula is C29H33FN4O. The molecular weight excluding hydrogens is 439 g/mol. The Morgan fingerprint density at radius 2 is 1.97 bits per heavy atom. The van der Waals surface area contributed by atoms with Crippen LogP contribution >= 0.6 is 0 Å². The van der Waals surface area contributed by atoms with E-state index in [0.29, 0.717) is 18.3 Å². The third-order valence-electron chi connectivity index (χ3n) is 7.79. The van der Waals surface area contributed by atoms with Crippen LogP contribution < -0.4 is 4.90 Å². The van der Waals surface area contributed by atoms with Crippen molar-refractivity contribution in [3.05, 3.63) is 66.0 Å². The second-order valence-electron chi connectivity index (χ2n) is 9.94. The molecule has 0 bridgehead atoms. The molecule has 35 heavy (non-hydrogen) atoms. The molecule has 3 atom stereocenters. The normalized spacial score (nSPS) is 26.7. The Hall–Kier alpha value is -3.17. The first kappa shape index (κ1) is 23.6. The number of amidine groups is 1. The quantitative estimate of drug-likeness (QED) is 0.580. The zero-order valence-corrected chi connectivity index (χ0v) is 20.6. The number of rotatable bonds is 4. The summed E-state index contributed by atoms with van der Waals surface area (Å²) in [7, 11) is 0. The second-order valence-corrected chi connectivity index (χ2v) is 9.94. The van der Waals surface area contributed by atoms with Gasteiger partial charge < -0.3 is 4.90 Å². The average Bonchev–Trinajstić information content (AvgIpc) is 3.40. The summed E-state index contributed by atoms with van der Waals surface area (Å²) in [5.74, 6) is 6.72. The van der Waals surface area contributed by atoms with Crippen molar-refractivity contribution >= 4 is 17.6 Å². The lowest BCUT2D eigenvalue weighted by molar-refractivity contribution is 0.141. The van der Waals surface area contributed by atoms with Crippen LogP contribution in [0.1, 0.15) is 45.1 Å². The summed E-state index contributed by atoms with van der Waals surface area (Å²) in [6, 6.07) is 17.1. The molecule has 2 fully saturated rings. The summed E-state index contributed by atoms with van der Waals surface area (Å²) in [6.45, 7) is 6.48. The minimum Gasteiger partial charge on any atom is -0.355 e. The van der Waals surface area contributed by atoms with E-state index in [0.717, 1.165) is 51.0 Å². The maximum atomic E-state index is 14.3. The molecule has 3 aliphatic heterocycles. The molecule has 2 saturated heterocycles. The van der Waals surface area contributed by atoms with Gasteiger partial charge in [-0.15, -0.1) is 5.92 Å². The summed E-state index contributed by atoms with van der Waals surface area (Å²) >= 11 is 0. The lowest BCUT2D eigenvalue weighted by Crippen LogP contribution is -2.64. The average molecular weight is 473 g/mol. The van der Waals surface area contributed by atoms with Gasteiger partial charge in [-0.3, -0.25) is 9.80 Å². The van der Waals surface area contributed by atoms with Crippen LogP contribution in [0, 0.1) is 17.7 Å². The summed E-state index contributed by atoms with van der Waals surface area (Å²) in [4.78, 5) is 24.8. The van der Waals surface area contributed by atoms with E-state index in [2.05, 4.69) is 52.8 Å². The van der Waals surface area contributed by atoms with Crippen LogP contribution in [-0.2, 0) is 6.42 Å². The molecule has 2 aromatic rings. The minimum absolute atomic E-state index is 0.215. The van der Waals surface area contributed by atoms with Gasteiger partial charge in [-0.25, -0.2) is 9.18 Å². The molecule has 0 radical (unpaired) electrons. The number of amides is 2. The highest BCUT2D eigenvalue weighted by molar-refractivity contribution is 6.16. The molecule has 1 spiro atoms. The standard InChI is InChI=1S/C29H33FN4O/c1-3-4-16-32-18-15-29(21-22(32)2)27(31-28(35)34(29)26-13-8-12-24(30)20-26)33-17-9-14-25(33)19-23-10-6-5-7-11-23/h5-8,10-13,20,22,25H,9,14-19,21H2,1-2H3. The van der Waals surface area contributed by atoms with E-state index in [4.69, 9.17) is 4.99 Å². The van der Waals surface area contributed by atoms with Crippen LogP contribution in [0.3, 0.4) is 0 Å². The minimum atomic E-state index is -0.584. The molecule has 5 nitrogen and oxygen atoms in total. The molecule has 0 aromatic heterocycles. The summed E-state index contributed by atoms with van der Waals surface area (Å²) in [6.07, 6.45) is 4.57. The summed E-state index contributed by atoms with van der Waals surface area (Å²) in [5.41, 5.74) is 1.30. The number of piperidine rings is 1. The highest BCUT2D eigenvalue weighted by atomic mass is 19.1. The van der Waals surface area contributed by atoms with Crippen molar-refractivity contribution in [2.45, 2.75) is 63.6 Å². The van der Waals surface area contributed by atoms with Crippen LogP contribution in [0.4, 0.5) is 14.9 Å². The van der Waals surface area contributed by atoms with Gasteiger partial charge in [-0.05, 0) is 69.7 Å². The van der Waals surface area contributed by atoms with E-state index in [1.54, 1.807) is 11.0 Å². The fourth-order valence-corrected chi connectivity index (χ4v) is 6.14. The van der Waals surface area contributed by atoms with Gasteiger partial charge in [-0.2, -0.15) is 4.99 Å². The van der Waals surface area contributed by atoms with Crippen molar-refractivity contribution in [2.75, 3.05) is 24.5 Å². The van der Waals surface area contributed by atoms with Crippen molar-refractivity contribution in [3.8, 4) is 11.8 Å². The SMILES string of the molecule is CC#CCN1CCC2(CC1C)C(N1CCCC1Cc1ccccc1)=NC(=O)N2c1cccc(F)c1. The van der Waals surface area contributed by atoms with Gasteiger partial charge in [0, 0.05) is 30.9 Å². The van der Waals surface area contributed by atoms with Gasteiger partial charge in [0.25, 0.3) is 0 Å².